The second kappa shape index (κ2) is 7.63. The van der Waals surface area contributed by atoms with Crippen LogP contribution in [0.4, 0.5) is 11.4 Å². The van der Waals surface area contributed by atoms with Gasteiger partial charge in [0.15, 0.2) is 0 Å². The van der Waals surface area contributed by atoms with Crippen LogP contribution in [0.2, 0.25) is 0 Å². The zero-order chi connectivity index (χ0) is 17.6. The number of nitrogens with zero attached hydrogens (tertiary/aromatic N) is 3. The maximum atomic E-state index is 11.1. The van der Waals surface area contributed by atoms with E-state index in [1.54, 1.807) is 18.3 Å². The second-order valence-electron chi connectivity index (χ2n) is 5.19. The van der Waals surface area contributed by atoms with Crippen molar-refractivity contribution in [1.82, 2.24) is 9.97 Å². The summed E-state index contributed by atoms with van der Waals surface area (Å²) in [6.07, 6.45) is 2.93. The molecule has 0 bridgehead atoms. The molecule has 3 aromatic rings. The van der Waals surface area contributed by atoms with Gasteiger partial charge in [-0.25, -0.2) is 4.98 Å². The number of hydrogen-bond acceptors (Lipinski definition) is 7. The number of carbonyl (C=O) groups is 1. The number of benzene rings is 1. The van der Waals surface area contributed by atoms with Crippen LogP contribution < -0.4 is 5.32 Å². The summed E-state index contributed by atoms with van der Waals surface area (Å²) >= 11 is 1.51. The fraction of sp³-hybridized carbons (Fsp3) is 0.118. The molecular weight excluding hydrogens is 340 g/mol. The van der Waals surface area contributed by atoms with Crippen LogP contribution in [0.1, 0.15) is 16.1 Å². The van der Waals surface area contributed by atoms with Gasteiger partial charge >= 0.3 is 0 Å². The standard InChI is InChI=1S/C17H14N4O3S/c22-10-12-4-5-14(16(9-12)21(23)24)19-8-6-13-11-25-17(20-13)15-3-1-2-7-18-15/h1-5,7,9-11,19H,6,8H2. The number of nitro benzene ring substituents is 1. The molecule has 0 saturated carbocycles. The van der Waals surface area contributed by atoms with Crippen molar-refractivity contribution in [2.75, 3.05) is 11.9 Å². The molecule has 0 aliphatic carbocycles. The molecule has 7 nitrogen and oxygen atoms in total. The van der Waals surface area contributed by atoms with Gasteiger partial charge < -0.3 is 5.32 Å². The van der Waals surface area contributed by atoms with Gasteiger partial charge in [0.1, 0.15) is 17.0 Å². The molecule has 0 radical (unpaired) electrons. The summed E-state index contributed by atoms with van der Waals surface area (Å²) in [5.41, 5.74) is 2.27. The number of nitro groups is 1. The Morgan fingerprint density at radius 2 is 2.16 bits per heavy atom. The smallest absolute Gasteiger partial charge is 0.293 e. The van der Waals surface area contributed by atoms with Gasteiger partial charge in [-0.3, -0.25) is 19.9 Å². The molecule has 3 rings (SSSR count). The van der Waals surface area contributed by atoms with E-state index in [-0.39, 0.29) is 11.3 Å². The summed E-state index contributed by atoms with van der Waals surface area (Å²) < 4.78 is 0. The Balaban J connectivity index is 1.65. The minimum absolute atomic E-state index is 0.114. The van der Waals surface area contributed by atoms with Crippen molar-refractivity contribution in [2.24, 2.45) is 0 Å². The molecule has 1 aromatic carbocycles. The molecule has 0 unspecified atom stereocenters. The molecule has 0 fully saturated rings. The first kappa shape index (κ1) is 16.7. The van der Waals surface area contributed by atoms with E-state index in [1.807, 2.05) is 23.6 Å². The van der Waals surface area contributed by atoms with Crippen LogP contribution in [0.15, 0.2) is 48.0 Å². The predicted molar refractivity (Wildman–Crippen MR) is 96.0 cm³/mol. The Morgan fingerprint density at radius 1 is 1.28 bits per heavy atom. The van der Waals surface area contributed by atoms with Gasteiger partial charge in [-0.05, 0) is 24.3 Å². The SMILES string of the molecule is O=Cc1ccc(NCCc2csc(-c3ccccn3)n2)c([N+](=O)[O-])c1. The molecule has 126 valence electrons. The van der Waals surface area contributed by atoms with E-state index in [9.17, 15) is 14.9 Å². The van der Waals surface area contributed by atoms with Gasteiger partial charge in [0, 0.05) is 36.2 Å². The van der Waals surface area contributed by atoms with Crippen LogP contribution in [0, 0.1) is 10.1 Å². The van der Waals surface area contributed by atoms with E-state index < -0.39 is 4.92 Å². The highest BCUT2D eigenvalue weighted by Crippen LogP contribution is 2.25. The Morgan fingerprint density at radius 3 is 2.88 bits per heavy atom. The van der Waals surface area contributed by atoms with Gasteiger partial charge in [0.25, 0.3) is 5.69 Å². The Kier molecular flexibility index (Phi) is 5.10. The minimum Gasteiger partial charge on any atom is -0.379 e. The topological polar surface area (TPSA) is 98.0 Å². The molecule has 0 saturated heterocycles. The lowest BCUT2D eigenvalue weighted by atomic mass is 10.2. The van der Waals surface area contributed by atoms with E-state index in [2.05, 4.69) is 15.3 Å². The number of thiazole rings is 1. The number of nitrogens with one attached hydrogen (secondary N) is 1. The first-order valence-electron chi connectivity index (χ1n) is 7.50. The molecule has 2 heterocycles. The molecule has 0 amide bonds. The van der Waals surface area contributed by atoms with Crippen LogP contribution in [-0.2, 0) is 6.42 Å². The number of anilines is 1. The first-order valence-corrected chi connectivity index (χ1v) is 8.38. The van der Waals surface area contributed by atoms with E-state index in [4.69, 9.17) is 0 Å². The number of aromatic nitrogens is 2. The van der Waals surface area contributed by atoms with Gasteiger partial charge in [-0.1, -0.05) is 6.07 Å². The van der Waals surface area contributed by atoms with Crippen molar-refractivity contribution in [1.29, 1.82) is 0 Å². The lowest BCUT2D eigenvalue weighted by Gasteiger charge is -2.06. The highest BCUT2D eigenvalue weighted by atomic mass is 32.1. The molecule has 8 heteroatoms. The third-order valence-electron chi connectivity index (χ3n) is 3.49. The van der Waals surface area contributed by atoms with E-state index >= 15 is 0 Å². The number of rotatable bonds is 7. The second-order valence-corrected chi connectivity index (χ2v) is 6.05. The molecule has 0 aliphatic heterocycles. The molecule has 2 aromatic heterocycles. The van der Waals surface area contributed by atoms with Crippen molar-refractivity contribution in [3.05, 3.63) is 69.3 Å². The van der Waals surface area contributed by atoms with E-state index in [1.165, 1.54) is 17.4 Å². The number of carbonyl (C=O) groups excluding carboxylic acids is 1. The highest BCUT2D eigenvalue weighted by Gasteiger charge is 2.14. The van der Waals surface area contributed by atoms with Gasteiger partial charge in [-0.15, -0.1) is 11.3 Å². The zero-order valence-corrected chi connectivity index (χ0v) is 13.9. The van der Waals surface area contributed by atoms with Crippen molar-refractivity contribution in [3.63, 3.8) is 0 Å². The third-order valence-corrected chi connectivity index (χ3v) is 4.40. The summed E-state index contributed by atoms with van der Waals surface area (Å²) in [5.74, 6) is 0. The normalized spacial score (nSPS) is 10.4. The largest absolute Gasteiger partial charge is 0.379 e. The van der Waals surface area contributed by atoms with Crippen molar-refractivity contribution < 1.29 is 9.72 Å². The maximum absolute atomic E-state index is 11.1. The van der Waals surface area contributed by atoms with Crippen LogP contribution >= 0.6 is 11.3 Å². The first-order chi connectivity index (χ1) is 12.2. The molecule has 0 spiro atoms. The molecule has 0 atom stereocenters. The third kappa shape index (κ3) is 4.04. The van der Waals surface area contributed by atoms with Gasteiger partial charge in [-0.2, -0.15) is 0 Å². The molecule has 1 N–H and O–H groups in total. The van der Waals surface area contributed by atoms with Gasteiger partial charge in [0.2, 0.25) is 0 Å². The molecule has 0 aliphatic rings. The summed E-state index contributed by atoms with van der Waals surface area (Å²) in [6, 6.07) is 10.0. The van der Waals surface area contributed by atoms with Crippen molar-refractivity contribution in [3.8, 4) is 10.7 Å². The highest BCUT2D eigenvalue weighted by molar-refractivity contribution is 7.13. The minimum atomic E-state index is -0.503. The summed E-state index contributed by atoms with van der Waals surface area (Å²) in [6.45, 7) is 0.493. The fourth-order valence-corrected chi connectivity index (χ4v) is 3.11. The van der Waals surface area contributed by atoms with Crippen LogP contribution in [0.5, 0.6) is 0 Å². The Labute approximate surface area is 147 Å². The lowest BCUT2D eigenvalue weighted by molar-refractivity contribution is -0.384. The summed E-state index contributed by atoms with van der Waals surface area (Å²) in [7, 11) is 0. The summed E-state index contributed by atoms with van der Waals surface area (Å²) in [5, 5.41) is 16.9. The van der Waals surface area contributed by atoms with Crippen LogP contribution in [0.3, 0.4) is 0 Å². The average molecular weight is 354 g/mol. The average Bonchev–Trinajstić information content (AvgIpc) is 3.11. The van der Waals surface area contributed by atoms with E-state index in [0.29, 0.717) is 24.9 Å². The fourth-order valence-electron chi connectivity index (χ4n) is 2.28. The maximum Gasteiger partial charge on any atom is 0.293 e. The quantitative estimate of drug-likeness (QED) is 0.396. The van der Waals surface area contributed by atoms with Gasteiger partial charge in [0.05, 0.1) is 16.3 Å². The van der Waals surface area contributed by atoms with Crippen LogP contribution in [-0.4, -0.2) is 27.7 Å². The number of aldehydes is 1. The molecule has 25 heavy (non-hydrogen) atoms. The monoisotopic (exact) mass is 354 g/mol. The van der Waals surface area contributed by atoms with E-state index in [0.717, 1.165) is 16.4 Å². The predicted octanol–water partition coefficient (Wildman–Crippen LogP) is 3.58. The Bertz CT molecular complexity index is 896. The van der Waals surface area contributed by atoms with Crippen molar-refractivity contribution in [2.45, 2.75) is 6.42 Å². The van der Waals surface area contributed by atoms with Crippen molar-refractivity contribution >= 4 is 29.0 Å². The number of pyridine rings is 1. The lowest BCUT2D eigenvalue weighted by Crippen LogP contribution is -2.07. The van der Waals surface area contributed by atoms with Crippen LogP contribution in [0.25, 0.3) is 10.7 Å². The summed E-state index contributed by atoms with van der Waals surface area (Å²) in [4.78, 5) is 30.2. The number of hydrogen-bond donors (Lipinski definition) is 1. The molecular formula is C17H14N4O3S. The Hall–Kier alpha value is -3.13. The zero-order valence-electron chi connectivity index (χ0n) is 13.1.